The Bertz CT molecular complexity index is 1130. The third-order valence-corrected chi connectivity index (χ3v) is 4.45. The summed E-state index contributed by atoms with van der Waals surface area (Å²) in [5.41, 5.74) is 12.2. The summed E-state index contributed by atoms with van der Waals surface area (Å²) < 4.78 is 0. The molecule has 0 aliphatic heterocycles. The van der Waals surface area contributed by atoms with Crippen LogP contribution in [0.15, 0.2) is 60.8 Å². The minimum Gasteiger partial charge on any atom is -0.399 e. The van der Waals surface area contributed by atoms with Gasteiger partial charge in [0.05, 0.1) is 0 Å². The molecule has 134 valence electrons. The predicted molar refractivity (Wildman–Crippen MR) is 110 cm³/mol. The van der Waals surface area contributed by atoms with Crippen LogP contribution < -0.4 is 16.4 Å². The molecular weight excluding hydrogens is 338 g/mol. The first-order valence-electron chi connectivity index (χ1n) is 8.56. The molecule has 2 aromatic heterocycles. The molecule has 0 spiro atoms. The first-order chi connectivity index (χ1) is 13.1. The summed E-state index contributed by atoms with van der Waals surface area (Å²) in [5, 5.41) is 7.06. The van der Waals surface area contributed by atoms with E-state index >= 15 is 0 Å². The van der Waals surface area contributed by atoms with Crippen LogP contribution in [-0.2, 0) is 4.79 Å². The summed E-state index contributed by atoms with van der Waals surface area (Å²) in [5.74, 6) is 0.703. The molecular formula is C21H19N5O. The zero-order valence-electron chi connectivity index (χ0n) is 14.8. The van der Waals surface area contributed by atoms with E-state index in [1.165, 1.54) is 0 Å². The minimum atomic E-state index is 0.662. The van der Waals surface area contributed by atoms with E-state index in [0.717, 1.165) is 39.1 Å². The van der Waals surface area contributed by atoms with Crippen molar-refractivity contribution in [2.75, 3.05) is 16.4 Å². The van der Waals surface area contributed by atoms with E-state index in [1.807, 2.05) is 67.7 Å². The zero-order valence-corrected chi connectivity index (χ0v) is 14.8. The first-order valence-corrected chi connectivity index (χ1v) is 8.56. The van der Waals surface area contributed by atoms with Crippen LogP contribution in [0.4, 0.5) is 22.9 Å². The number of anilines is 4. The van der Waals surface area contributed by atoms with Gasteiger partial charge >= 0.3 is 0 Å². The van der Waals surface area contributed by atoms with Crippen molar-refractivity contribution in [3.05, 3.63) is 66.4 Å². The van der Waals surface area contributed by atoms with E-state index in [0.29, 0.717) is 17.9 Å². The van der Waals surface area contributed by atoms with Crippen LogP contribution in [0, 0.1) is 6.92 Å². The number of pyridine rings is 1. The van der Waals surface area contributed by atoms with Crippen molar-refractivity contribution in [2.24, 2.45) is 0 Å². The van der Waals surface area contributed by atoms with E-state index in [4.69, 9.17) is 5.73 Å². The van der Waals surface area contributed by atoms with Gasteiger partial charge in [0.1, 0.15) is 11.5 Å². The maximum absolute atomic E-state index is 10.7. The van der Waals surface area contributed by atoms with Crippen LogP contribution >= 0.6 is 0 Å². The topological polar surface area (TPSA) is 95.8 Å². The Labute approximate surface area is 156 Å². The number of hydrogen-bond donors (Lipinski definition) is 4. The number of rotatable bonds is 5. The fraction of sp³-hybridized carbons (Fsp3) is 0.0476. The van der Waals surface area contributed by atoms with Crippen molar-refractivity contribution < 1.29 is 4.79 Å². The van der Waals surface area contributed by atoms with E-state index in [-0.39, 0.29) is 0 Å². The molecule has 1 amide bonds. The van der Waals surface area contributed by atoms with Gasteiger partial charge in [-0.2, -0.15) is 0 Å². The number of H-pyrrole nitrogens is 1. The Morgan fingerprint density at radius 1 is 1.11 bits per heavy atom. The molecule has 0 aliphatic carbocycles. The van der Waals surface area contributed by atoms with Gasteiger partial charge in [-0.3, -0.25) is 4.79 Å². The molecule has 6 nitrogen and oxygen atoms in total. The second-order valence-electron chi connectivity index (χ2n) is 6.34. The third-order valence-electron chi connectivity index (χ3n) is 4.45. The molecule has 0 aliphatic rings. The van der Waals surface area contributed by atoms with Crippen molar-refractivity contribution in [3.8, 4) is 11.1 Å². The fourth-order valence-electron chi connectivity index (χ4n) is 3.10. The Kier molecular flexibility index (Phi) is 4.22. The lowest BCUT2D eigenvalue weighted by Gasteiger charge is -2.13. The summed E-state index contributed by atoms with van der Waals surface area (Å²) in [6.07, 6.45) is 2.53. The highest BCUT2D eigenvalue weighted by Crippen LogP contribution is 2.32. The molecule has 2 aromatic carbocycles. The number of fused-ring (bicyclic) bond motifs is 1. The van der Waals surface area contributed by atoms with Crippen molar-refractivity contribution in [1.29, 1.82) is 0 Å². The van der Waals surface area contributed by atoms with Gasteiger partial charge < -0.3 is 21.4 Å². The number of carbonyl (C=O) groups is 1. The molecule has 0 saturated carbocycles. The lowest BCUT2D eigenvalue weighted by atomic mass is 10.0. The summed E-state index contributed by atoms with van der Waals surface area (Å²) in [6.45, 7) is 2.00. The number of aryl methyl sites for hydroxylation is 1. The van der Waals surface area contributed by atoms with E-state index in [9.17, 15) is 4.79 Å². The molecule has 4 aromatic rings. The average molecular weight is 357 g/mol. The van der Waals surface area contributed by atoms with E-state index in [2.05, 4.69) is 20.6 Å². The minimum absolute atomic E-state index is 0.662. The summed E-state index contributed by atoms with van der Waals surface area (Å²) in [6, 6.07) is 17.5. The predicted octanol–water partition coefficient (Wildman–Crippen LogP) is 4.43. The van der Waals surface area contributed by atoms with Crippen LogP contribution in [0.3, 0.4) is 0 Å². The Morgan fingerprint density at radius 2 is 2.00 bits per heavy atom. The molecule has 0 atom stereocenters. The smallest absolute Gasteiger partial charge is 0.211 e. The first kappa shape index (κ1) is 16.7. The SMILES string of the molecule is Cc1ccc(NC=O)cc1Nc1cc(-c2cccc(N)c2)c2cc[nH]c2n1. The van der Waals surface area contributed by atoms with Gasteiger partial charge in [0.15, 0.2) is 0 Å². The second kappa shape index (κ2) is 6.84. The fourth-order valence-corrected chi connectivity index (χ4v) is 3.10. The maximum atomic E-state index is 10.7. The summed E-state index contributed by atoms with van der Waals surface area (Å²) in [7, 11) is 0. The van der Waals surface area contributed by atoms with Crippen molar-refractivity contribution >= 4 is 40.3 Å². The molecule has 0 saturated heterocycles. The number of amides is 1. The number of nitrogens with zero attached hydrogens (tertiary/aromatic N) is 1. The van der Waals surface area contributed by atoms with Gasteiger partial charge in [-0.25, -0.2) is 4.98 Å². The highest BCUT2D eigenvalue weighted by atomic mass is 16.1. The molecule has 0 bridgehead atoms. The van der Waals surface area contributed by atoms with Crippen LogP contribution in [-0.4, -0.2) is 16.4 Å². The number of carbonyl (C=O) groups excluding carboxylic acids is 1. The lowest BCUT2D eigenvalue weighted by Crippen LogP contribution is -2.00. The molecule has 4 rings (SSSR count). The number of nitrogens with two attached hydrogens (primary N) is 1. The van der Waals surface area contributed by atoms with Gasteiger partial charge in [0.25, 0.3) is 0 Å². The summed E-state index contributed by atoms with van der Waals surface area (Å²) >= 11 is 0. The number of aromatic nitrogens is 2. The van der Waals surface area contributed by atoms with Gasteiger partial charge in [-0.1, -0.05) is 18.2 Å². The Morgan fingerprint density at radius 3 is 2.81 bits per heavy atom. The molecule has 0 fully saturated rings. The quantitative estimate of drug-likeness (QED) is 0.314. The Balaban J connectivity index is 1.79. The monoisotopic (exact) mass is 357 g/mol. The van der Waals surface area contributed by atoms with Crippen LogP contribution in [0.2, 0.25) is 0 Å². The summed E-state index contributed by atoms with van der Waals surface area (Å²) in [4.78, 5) is 18.6. The number of nitrogens with one attached hydrogen (secondary N) is 3. The number of nitrogen functional groups attached to an aromatic ring is 1. The molecule has 0 unspecified atom stereocenters. The molecule has 27 heavy (non-hydrogen) atoms. The van der Waals surface area contributed by atoms with E-state index < -0.39 is 0 Å². The lowest BCUT2D eigenvalue weighted by molar-refractivity contribution is -0.105. The van der Waals surface area contributed by atoms with Gasteiger partial charge in [-0.15, -0.1) is 0 Å². The zero-order chi connectivity index (χ0) is 18.8. The maximum Gasteiger partial charge on any atom is 0.211 e. The molecule has 5 N–H and O–H groups in total. The van der Waals surface area contributed by atoms with Gasteiger partial charge in [0.2, 0.25) is 6.41 Å². The standard InChI is InChI=1S/C21H19N5O/c1-13-5-6-16(24-12-27)10-19(13)25-20-11-18(14-3-2-4-15(22)9-14)17-7-8-23-21(17)26-20/h2-12H,22H2,1H3,(H,24,27)(H2,23,25,26). The highest BCUT2D eigenvalue weighted by molar-refractivity contribution is 5.95. The number of benzene rings is 2. The number of aromatic amines is 1. The third kappa shape index (κ3) is 3.32. The van der Waals surface area contributed by atoms with Gasteiger partial charge in [0, 0.05) is 28.6 Å². The number of hydrogen-bond acceptors (Lipinski definition) is 4. The van der Waals surface area contributed by atoms with Crippen LogP contribution in [0.1, 0.15) is 5.56 Å². The van der Waals surface area contributed by atoms with Crippen molar-refractivity contribution in [3.63, 3.8) is 0 Å². The van der Waals surface area contributed by atoms with Crippen molar-refractivity contribution in [1.82, 2.24) is 9.97 Å². The molecule has 2 heterocycles. The van der Waals surface area contributed by atoms with Crippen LogP contribution in [0.5, 0.6) is 0 Å². The Hall–Kier alpha value is -3.80. The van der Waals surface area contributed by atoms with Crippen LogP contribution in [0.25, 0.3) is 22.2 Å². The largest absolute Gasteiger partial charge is 0.399 e. The average Bonchev–Trinajstić information content (AvgIpc) is 3.12. The van der Waals surface area contributed by atoms with Gasteiger partial charge in [-0.05, 0) is 60.0 Å². The molecule has 0 radical (unpaired) electrons. The van der Waals surface area contributed by atoms with E-state index in [1.54, 1.807) is 0 Å². The molecule has 6 heteroatoms. The second-order valence-corrected chi connectivity index (χ2v) is 6.34. The van der Waals surface area contributed by atoms with Crippen molar-refractivity contribution in [2.45, 2.75) is 6.92 Å². The highest BCUT2D eigenvalue weighted by Gasteiger charge is 2.10. The normalized spacial score (nSPS) is 10.7.